The molecule has 0 saturated carbocycles. The van der Waals surface area contributed by atoms with Gasteiger partial charge in [-0.2, -0.15) is 0 Å². The van der Waals surface area contributed by atoms with Crippen molar-refractivity contribution in [2.24, 2.45) is 0 Å². The molecular formula is C68H49N3O. The maximum atomic E-state index is 6.42. The Labute approximate surface area is 419 Å². The van der Waals surface area contributed by atoms with E-state index in [1.165, 1.54) is 38.6 Å². The van der Waals surface area contributed by atoms with Crippen LogP contribution in [0.5, 0.6) is 0 Å². The third-order valence-electron chi connectivity index (χ3n) is 14.2. The highest BCUT2D eigenvalue weighted by Gasteiger charge is 2.24. The molecule has 10 aromatic carbocycles. The Balaban J connectivity index is 1.11. The van der Waals surface area contributed by atoms with Crippen molar-refractivity contribution in [2.45, 2.75) is 26.2 Å². The number of nitrogens with zero attached hydrogens (tertiary/aromatic N) is 3. The smallest absolute Gasteiger partial charge is 0.160 e. The normalized spacial score (nSPS) is 11.8. The Bertz CT molecular complexity index is 4050. The van der Waals surface area contributed by atoms with Gasteiger partial charge in [0.15, 0.2) is 5.82 Å². The van der Waals surface area contributed by atoms with E-state index < -0.39 is 0 Å². The third-order valence-corrected chi connectivity index (χ3v) is 14.2. The molecule has 13 rings (SSSR count). The topological polar surface area (TPSA) is 43.9 Å². The highest BCUT2D eigenvalue weighted by Crippen LogP contribution is 2.46. The minimum Gasteiger partial charge on any atom is -0.456 e. The number of hydrogen-bond donors (Lipinski definition) is 0. The van der Waals surface area contributed by atoms with Gasteiger partial charge >= 0.3 is 0 Å². The Morgan fingerprint density at radius 1 is 0.333 bits per heavy atom. The van der Waals surface area contributed by atoms with Gasteiger partial charge in [-0.15, -0.1) is 0 Å². The van der Waals surface area contributed by atoms with E-state index in [2.05, 4.69) is 238 Å². The van der Waals surface area contributed by atoms with Gasteiger partial charge in [0.2, 0.25) is 0 Å². The number of hydrogen-bond acceptors (Lipinski definition) is 3. The van der Waals surface area contributed by atoms with E-state index in [1.807, 2.05) is 30.3 Å². The number of rotatable bonds is 8. The van der Waals surface area contributed by atoms with Gasteiger partial charge in [0, 0.05) is 49.4 Å². The lowest BCUT2D eigenvalue weighted by molar-refractivity contribution is 0.590. The Kier molecular flexibility index (Phi) is 10.4. The van der Waals surface area contributed by atoms with E-state index >= 15 is 0 Å². The third kappa shape index (κ3) is 7.65. The summed E-state index contributed by atoms with van der Waals surface area (Å²) in [6.45, 7) is 6.82. The largest absolute Gasteiger partial charge is 0.456 e. The van der Waals surface area contributed by atoms with Gasteiger partial charge in [0.25, 0.3) is 0 Å². The van der Waals surface area contributed by atoms with Crippen LogP contribution < -0.4 is 0 Å². The number of para-hydroxylation sites is 1. The zero-order valence-corrected chi connectivity index (χ0v) is 40.3. The van der Waals surface area contributed by atoms with Crippen LogP contribution in [0.15, 0.2) is 247 Å². The summed E-state index contributed by atoms with van der Waals surface area (Å²) in [5.74, 6) is 0.653. The van der Waals surface area contributed by atoms with Crippen LogP contribution >= 0.6 is 0 Å². The lowest BCUT2D eigenvalue weighted by Gasteiger charge is -2.23. The van der Waals surface area contributed by atoms with Gasteiger partial charge in [-0.05, 0) is 105 Å². The van der Waals surface area contributed by atoms with Gasteiger partial charge in [-0.25, -0.2) is 9.97 Å². The fourth-order valence-corrected chi connectivity index (χ4v) is 10.5. The second kappa shape index (κ2) is 17.4. The van der Waals surface area contributed by atoms with E-state index in [0.29, 0.717) is 5.82 Å². The number of fused-ring (bicyclic) bond motifs is 6. The van der Waals surface area contributed by atoms with Crippen LogP contribution in [0.25, 0.3) is 128 Å². The summed E-state index contributed by atoms with van der Waals surface area (Å²) in [4.78, 5) is 10.7. The van der Waals surface area contributed by atoms with Crippen molar-refractivity contribution in [3.63, 3.8) is 0 Å². The number of aromatic nitrogens is 3. The molecule has 342 valence electrons. The van der Waals surface area contributed by atoms with Crippen molar-refractivity contribution in [1.29, 1.82) is 0 Å². The molecule has 0 saturated heterocycles. The molecule has 0 N–H and O–H groups in total. The summed E-state index contributed by atoms with van der Waals surface area (Å²) in [6, 6.07) is 87.1. The first-order chi connectivity index (χ1) is 35.3. The first-order valence-electron chi connectivity index (χ1n) is 24.7. The second-order valence-corrected chi connectivity index (χ2v) is 19.8. The molecule has 4 heteroatoms. The van der Waals surface area contributed by atoms with Crippen molar-refractivity contribution in [3.8, 4) is 84.1 Å². The van der Waals surface area contributed by atoms with Crippen molar-refractivity contribution in [3.05, 3.63) is 248 Å². The van der Waals surface area contributed by atoms with Crippen LogP contribution in [0.2, 0.25) is 0 Å². The van der Waals surface area contributed by atoms with Gasteiger partial charge in [-0.3, -0.25) is 0 Å². The van der Waals surface area contributed by atoms with Crippen LogP contribution in [0.1, 0.15) is 26.3 Å². The van der Waals surface area contributed by atoms with Crippen molar-refractivity contribution in [1.82, 2.24) is 14.5 Å². The van der Waals surface area contributed by atoms with E-state index in [4.69, 9.17) is 14.4 Å². The lowest BCUT2D eigenvalue weighted by atomic mass is 9.85. The number of furan rings is 1. The minimum absolute atomic E-state index is 0.0191. The summed E-state index contributed by atoms with van der Waals surface area (Å²) in [5.41, 5.74) is 19.9. The van der Waals surface area contributed by atoms with Crippen LogP contribution in [-0.2, 0) is 5.41 Å². The lowest BCUT2D eigenvalue weighted by Crippen LogP contribution is -2.10. The van der Waals surface area contributed by atoms with E-state index in [9.17, 15) is 0 Å². The van der Waals surface area contributed by atoms with Crippen LogP contribution in [0.4, 0.5) is 0 Å². The van der Waals surface area contributed by atoms with Gasteiger partial charge in [0.1, 0.15) is 11.2 Å². The van der Waals surface area contributed by atoms with Crippen LogP contribution in [-0.4, -0.2) is 14.5 Å². The van der Waals surface area contributed by atoms with Gasteiger partial charge in [-0.1, -0.05) is 203 Å². The molecule has 0 bridgehead atoms. The van der Waals surface area contributed by atoms with E-state index in [1.54, 1.807) is 0 Å². The summed E-state index contributed by atoms with van der Waals surface area (Å²) in [5, 5.41) is 4.56. The standard InChI is InChI=1S/C68H49N3O/c1-68(2,3)53-33-28-47(29-34-53)57-41-52(61-43-60(69-67(70-61)48-24-14-7-15-25-48)51-30-35-55-54-26-16-17-27-64(54)72-65(55)42-51)40-56(46-22-12-6-13-23-46)66(57)71-62-36-31-49(44-18-8-4-9-19-44)38-58(62)59-39-50(32-37-63(59)71)45-20-10-5-11-21-45/h4-43H,1-3H3. The fourth-order valence-electron chi connectivity index (χ4n) is 10.5. The first-order valence-corrected chi connectivity index (χ1v) is 24.7. The minimum atomic E-state index is -0.0191. The van der Waals surface area contributed by atoms with E-state index in [0.717, 1.165) is 89.0 Å². The molecule has 0 aliphatic heterocycles. The van der Waals surface area contributed by atoms with Crippen molar-refractivity contribution >= 4 is 43.7 Å². The molecule has 0 spiro atoms. The molecule has 0 aliphatic rings. The molecule has 0 fully saturated rings. The molecule has 3 heterocycles. The van der Waals surface area contributed by atoms with Gasteiger partial charge in [0.05, 0.1) is 28.1 Å². The average Bonchev–Trinajstić information content (AvgIpc) is 3.98. The van der Waals surface area contributed by atoms with Crippen LogP contribution in [0, 0.1) is 0 Å². The molecule has 4 nitrogen and oxygen atoms in total. The summed E-state index contributed by atoms with van der Waals surface area (Å²) in [7, 11) is 0. The molecule has 0 unspecified atom stereocenters. The van der Waals surface area contributed by atoms with Crippen molar-refractivity contribution in [2.75, 3.05) is 0 Å². The summed E-state index contributed by atoms with van der Waals surface area (Å²) < 4.78 is 8.94. The quantitative estimate of drug-likeness (QED) is 0.153. The SMILES string of the molecule is CC(C)(C)c1ccc(-c2cc(-c3cc(-c4ccc5c(c4)oc4ccccc45)nc(-c4ccccc4)n3)cc(-c3ccccc3)c2-n2c3ccc(-c4ccccc4)cc3c3cc(-c4ccccc4)ccc32)cc1. The summed E-state index contributed by atoms with van der Waals surface area (Å²) in [6.07, 6.45) is 0. The molecule has 3 aromatic heterocycles. The number of benzene rings is 10. The highest BCUT2D eigenvalue weighted by atomic mass is 16.3. The maximum Gasteiger partial charge on any atom is 0.160 e. The Morgan fingerprint density at radius 2 is 0.792 bits per heavy atom. The highest BCUT2D eigenvalue weighted by molar-refractivity contribution is 6.13. The predicted octanol–water partition coefficient (Wildman–Crippen LogP) is 18.4. The first kappa shape index (κ1) is 42.9. The maximum absolute atomic E-state index is 6.42. The fraction of sp³-hybridized carbons (Fsp3) is 0.0588. The summed E-state index contributed by atoms with van der Waals surface area (Å²) >= 11 is 0. The average molecular weight is 924 g/mol. The molecule has 0 radical (unpaired) electrons. The molecule has 13 aromatic rings. The molecular weight excluding hydrogens is 875 g/mol. The Morgan fingerprint density at radius 3 is 1.36 bits per heavy atom. The second-order valence-electron chi connectivity index (χ2n) is 19.8. The zero-order chi connectivity index (χ0) is 48.3. The van der Waals surface area contributed by atoms with E-state index in [-0.39, 0.29) is 5.41 Å². The molecule has 72 heavy (non-hydrogen) atoms. The Hall–Kier alpha value is -9.12. The zero-order valence-electron chi connectivity index (χ0n) is 40.3. The van der Waals surface area contributed by atoms with Crippen molar-refractivity contribution < 1.29 is 4.42 Å². The van der Waals surface area contributed by atoms with Gasteiger partial charge < -0.3 is 8.98 Å². The molecule has 0 aliphatic carbocycles. The monoisotopic (exact) mass is 923 g/mol. The van der Waals surface area contributed by atoms with Crippen LogP contribution in [0.3, 0.4) is 0 Å². The molecule has 0 amide bonds. The predicted molar refractivity (Wildman–Crippen MR) is 300 cm³/mol. The molecule has 0 atom stereocenters.